The molecule has 0 saturated heterocycles. The molecular formula is C4H11NO3. The van der Waals surface area contributed by atoms with Crippen molar-refractivity contribution in [2.75, 3.05) is 28.0 Å². The Morgan fingerprint density at radius 1 is 1.38 bits per heavy atom. The topological polar surface area (TPSA) is 30.9 Å². The molecule has 0 amide bonds. The van der Waals surface area contributed by atoms with Gasteiger partial charge in [-0.1, -0.05) is 0 Å². The molecule has 0 aliphatic carbocycles. The molecule has 0 heterocycles. The molecule has 0 radical (unpaired) electrons. The van der Waals surface area contributed by atoms with Crippen molar-refractivity contribution in [3.8, 4) is 0 Å². The second-order valence-corrected chi connectivity index (χ2v) is 1.41. The van der Waals surface area contributed by atoms with Crippen molar-refractivity contribution in [1.82, 2.24) is 5.06 Å². The Bertz CT molecular complexity index is 48.5. The molecule has 4 nitrogen and oxygen atoms in total. The van der Waals surface area contributed by atoms with E-state index >= 15 is 0 Å². The maximum absolute atomic E-state index is 4.52. The van der Waals surface area contributed by atoms with Gasteiger partial charge in [-0.3, -0.25) is 0 Å². The predicted molar refractivity (Wildman–Crippen MR) is 27.7 cm³/mol. The first kappa shape index (κ1) is 7.84. The van der Waals surface area contributed by atoms with Gasteiger partial charge in [0.2, 0.25) is 0 Å². The first-order valence-electron chi connectivity index (χ1n) is 2.23. The van der Waals surface area contributed by atoms with Crippen LogP contribution in [0.3, 0.4) is 0 Å². The zero-order valence-electron chi connectivity index (χ0n) is 5.38. The van der Waals surface area contributed by atoms with Crippen molar-refractivity contribution < 1.29 is 14.6 Å². The fourth-order valence-corrected chi connectivity index (χ4v) is 0.175. The smallest absolute Gasteiger partial charge is 0.182 e. The number of nitrogens with zero attached hydrogens (tertiary/aromatic N) is 1. The lowest BCUT2D eigenvalue weighted by atomic mass is 11.2. The SMILES string of the molecule is COCOON(C)C. The molecule has 0 bridgehead atoms. The van der Waals surface area contributed by atoms with E-state index in [1.807, 2.05) is 0 Å². The zero-order valence-corrected chi connectivity index (χ0v) is 5.38. The summed E-state index contributed by atoms with van der Waals surface area (Å²) in [4.78, 5) is 8.94. The van der Waals surface area contributed by atoms with E-state index < -0.39 is 0 Å². The molecule has 0 rings (SSSR count). The molecular weight excluding hydrogens is 110 g/mol. The van der Waals surface area contributed by atoms with E-state index in [-0.39, 0.29) is 6.79 Å². The molecule has 0 aromatic carbocycles. The number of rotatable bonds is 4. The molecule has 0 unspecified atom stereocenters. The second kappa shape index (κ2) is 4.99. The van der Waals surface area contributed by atoms with E-state index in [0.717, 1.165) is 0 Å². The third-order valence-corrected chi connectivity index (χ3v) is 0.368. The molecule has 50 valence electrons. The Morgan fingerprint density at radius 2 is 2.00 bits per heavy atom. The Labute approximate surface area is 48.8 Å². The van der Waals surface area contributed by atoms with Crippen LogP contribution in [-0.4, -0.2) is 33.1 Å². The van der Waals surface area contributed by atoms with Crippen LogP contribution in [-0.2, 0) is 14.6 Å². The summed E-state index contributed by atoms with van der Waals surface area (Å²) in [6, 6.07) is 0. The Kier molecular flexibility index (Phi) is 4.89. The van der Waals surface area contributed by atoms with Gasteiger partial charge in [-0.05, 0) is 0 Å². The first-order chi connectivity index (χ1) is 3.77. The van der Waals surface area contributed by atoms with E-state index in [9.17, 15) is 0 Å². The summed E-state index contributed by atoms with van der Waals surface area (Å²) < 4.78 is 4.52. The van der Waals surface area contributed by atoms with Crippen LogP contribution in [0.5, 0.6) is 0 Å². The minimum absolute atomic E-state index is 0.151. The highest BCUT2D eigenvalue weighted by atomic mass is 17.3. The van der Waals surface area contributed by atoms with Crippen LogP contribution < -0.4 is 0 Å². The number of hydroxylamine groups is 2. The van der Waals surface area contributed by atoms with Crippen molar-refractivity contribution in [1.29, 1.82) is 0 Å². The van der Waals surface area contributed by atoms with Crippen LogP contribution >= 0.6 is 0 Å². The Morgan fingerprint density at radius 3 is 2.38 bits per heavy atom. The minimum Gasteiger partial charge on any atom is -0.355 e. The van der Waals surface area contributed by atoms with Gasteiger partial charge in [-0.2, -0.15) is 9.95 Å². The van der Waals surface area contributed by atoms with Crippen LogP contribution in [0.15, 0.2) is 0 Å². The molecule has 4 heteroatoms. The molecule has 8 heavy (non-hydrogen) atoms. The first-order valence-corrected chi connectivity index (χ1v) is 2.23. The predicted octanol–water partition coefficient (Wildman–Crippen LogP) is 0.0151. The van der Waals surface area contributed by atoms with Crippen LogP contribution in [0.2, 0.25) is 0 Å². The fourth-order valence-electron chi connectivity index (χ4n) is 0.175. The molecule has 0 atom stereocenters. The normalized spacial score (nSPS) is 10.5. The van der Waals surface area contributed by atoms with Gasteiger partial charge in [0.15, 0.2) is 6.79 Å². The Hall–Kier alpha value is -0.160. The minimum atomic E-state index is 0.151. The molecule has 0 aromatic heterocycles. The summed E-state index contributed by atoms with van der Waals surface area (Å²) in [7, 11) is 4.96. The highest BCUT2D eigenvalue weighted by Gasteiger charge is 1.86. The molecule has 0 spiro atoms. The third kappa shape index (κ3) is 5.84. The van der Waals surface area contributed by atoms with Crippen LogP contribution in [0.1, 0.15) is 0 Å². The van der Waals surface area contributed by atoms with Gasteiger partial charge in [-0.15, -0.1) is 4.99 Å². The number of hydrogen-bond acceptors (Lipinski definition) is 4. The van der Waals surface area contributed by atoms with Crippen molar-refractivity contribution in [2.24, 2.45) is 0 Å². The van der Waals surface area contributed by atoms with Gasteiger partial charge < -0.3 is 4.74 Å². The number of hydrogen-bond donors (Lipinski definition) is 0. The lowest BCUT2D eigenvalue weighted by Gasteiger charge is -2.06. The fraction of sp³-hybridized carbons (Fsp3) is 1.00. The Balaban J connectivity index is 2.72. The third-order valence-electron chi connectivity index (χ3n) is 0.368. The van der Waals surface area contributed by atoms with Crippen LogP contribution in [0.4, 0.5) is 0 Å². The number of ether oxygens (including phenoxy) is 1. The quantitative estimate of drug-likeness (QED) is 0.227. The maximum atomic E-state index is 4.52. The van der Waals surface area contributed by atoms with Gasteiger partial charge >= 0.3 is 0 Å². The highest BCUT2D eigenvalue weighted by Crippen LogP contribution is 1.79. The molecule has 0 aliphatic rings. The second-order valence-electron chi connectivity index (χ2n) is 1.41. The lowest BCUT2D eigenvalue weighted by Crippen LogP contribution is -2.13. The summed E-state index contributed by atoms with van der Waals surface area (Å²) >= 11 is 0. The van der Waals surface area contributed by atoms with E-state index in [1.54, 1.807) is 14.1 Å². The van der Waals surface area contributed by atoms with Crippen molar-refractivity contribution >= 4 is 0 Å². The van der Waals surface area contributed by atoms with E-state index in [2.05, 4.69) is 14.6 Å². The summed E-state index contributed by atoms with van der Waals surface area (Å²) in [6.07, 6.45) is 0. The van der Waals surface area contributed by atoms with E-state index in [4.69, 9.17) is 0 Å². The summed E-state index contributed by atoms with van der Waals surface area (Å²) in [5.41, 5.74) is 0. The number of methoxy groups -OCH3 is 1. The molecule has 0 aliphatic heterocycles. The molecule has 0 saturated carbocycles. The van der Waals surface area contributed by atoms with Gasteiger partial charge in [0, 0.05) is 21.2 Å². The van der Waals surface area contributed by atoms with Gasteiger partial charge in [-0.25, -0.2) is 0 Å². The zero-order chi connectivity index (χ0) is 6.41. The average Bonchev–Trinajstić information content (AvgIpc) is 1.66. The molecule has 0 N–H and O–H groups in total. The standard InChI is InChI=1S/C4H11NO3/c1-5(2)8-7-4-6-3/h4H2,1-3H3. The van der Waals surface area contributed by atoms with Gasteiger partial charge in [0.25, 0.3) is 0 Å². The molecule has 0 aromatic rings. The largest absolute Gasteiger partial charge is 0.355 e. The summed E-state index contributed by atoms with van der Waals surface area (Å²) in [5.74, 6) is 0. The lowest BCUT2D eigenvalue weighted by molar-refractivity contribution is -0.434. The maximum Gasteiger partial charge on any atom is 0.182 e. The highest BCUT2D eigenvalue weighted by molar-refractivity contribution is 3.96. The summed E-state index contributed by atoms with van der Waals surface area (Å²) in [6.45, 7) is 0.151. The van der Waals surface area contributed by atoms with Crippen LogP contribution in [0.25, 0.3) is 0 Å². The van der Waals surface area contributed by atoms with Gasteiger partial charge in [0.05, 0.1) is 0 Å². The average molecular weight is 121 g/mol. The van der Waals surface area contributed by atoms with Crippen molar-refractivity contribution in [3.05, 3.63) is 0 Å². The van der Waals surface area contributed by atoms with Gasteiger partial charge in [0.1, 0.15) is 0 Å². The van der Waals surface area contributed by atoms with Crippen LogP contribution in [0, 0.1) is 0 Å². The van der Waals surface area contributed by atoms with E-state index in [0.29, 0.717) is 0 Å². The molecule has 0 fully saturated rings. The van der Waals surface area contributed by atoms with Crippen molar-refractivity contribution in [3.63, 3.8) is 0 Å². The monoisotopic (exact) mass is 121 g/mol. The van der Waals surface area contributed by atoms with Crippen molar-refractivity contribution in [2.45, 2.75) is 0 Å². The summed E-state index contributed by atoms with van der Waals surface area (Å²) in [5, 5.41) is 1.43. The van der Waals surface area contributed by atoms with E-state index in [1.165, 1.54) is 12.2 Å².